The van der Waals surface area contributed by atoms with Crippen LogP contribution in [0.3, 0.4) is 0 Å². The maximum atomic E-state index is 9.07. The molecule has 0 saturated carbocycles. The fourth-order valence-electron chi connectivity index (χ4n) is 2.26. The van der Waals surface area contributed by atoms with Crippen LogP contribution in [0.2, 0.25) is 0 Å². The van der Waals surface area contributed by atoms with Crippen LogP contribution in [0.1, 0.15) is 39.5 Å². The van der Waals surface area contributed by atoms with E-state index in [9.17, 15) is 0 Å². The molecule has 0 atom stereocenters. The Kier molecular flexibility index (Phi) is 5.83. The topological polar surface area (TPSA) is 49.5 Å². The van der Waals surface area contributed by atoms with Gasteiger partial charge in [0, 0.05) is 12.0 Å². The monoisotopic (exact) mass is 258 g/mol. The summed E-state index contributed by atoms with van der Waals surface area (Å²) in [7, 11) is 0. The van der Waals surface area contributed by atoms with E-state index in [2.05, 4.69) is 18.7 Å². The minimum Gasteiger partial charge on any atom is -0.396 e. The van der Waals surface area contributed by atoms with Crippen LogP contribution < -0.4 is 5.73 Å². The fraction of sp³-hybridized carbons (Fsp3) is 0.923. The summed E-state index contributed by atoms with van der Waals surface area (Å²) in [4.78, 5) is 3.11. The van der Waals surface area contributed by atoms with E-state index in [1.165, 1.54) is 0 Å². The molecule has 0 aromatic rings. The lowest BCUT2D eigenvalue weighted by atomic mass is 9.87. The van der Waals surface area contributed by atoms with Gasteiger partial charge in [-0.15, -0.1) is 0 Å². The number of aliphatic hydroxyl groups is 1. The van der Waals surface area contributed by atoms with Crippen LogP contribution in [0.5, 0.6) is 0 Å². The molecule has 0 unspecified atom stereocenters. The number of likely N-dealkylation sites (tertiary alicyclic amines) is 1. The number of nitrogens with two attached hydrogens (primary N) is 1. The van der Waals surface area contributed by atoms with Crippen LogP contribution in [-0.4, -0.2) is 41.2 Å². The van der Waals surface area contributed by atoms with Gasteiger partial charge < -0.3 is 15.7 Å². The average molecular weight is 258 g/mol. The largest absolute Gasteiger partial charge is 0.396 e. The Balaban J connectivity index is 2.18. The molecule has 1 fully saturated rings. The highest BCUT2D eigenvalue weighted by Crippen LogP contribution is 2.23. The molecule has 0 spiro atoms. The van der Waals surface area contributed by atoms with Crippen LogP contribution >= 0.6 is 12.2 Å². The number of rotatable bonds is 6. The summed E-state index contributed by atoms with van der Waals surface area (Å²) in [5, 5.41) is 9.07. The standard InChI is InChI=1S/C13H26N2OS/c1-13(2,12(14)17)6-3-7-15-8-4-11(10-16)5-9-15/h11,16H,3-10H2,1-2H3,(H2,14,17). The van der Waals surface area contributed by atoms with Crippen molar-refractivity contribution in [1.29, 1.82) is 0 Å². The first-order chi connectivity index (χ1) is 7.95. The molecule has 0 bridgehead atoms. The zero-order valence-electron chi connectivity index (χ0n) is 11.1. The molecule has 4 heteroatoms. The van der Waals surface area contributed by atoms with Crippen molar-refractivity contribution in [3.05, 3.63) is 0 Å². The van der Waals surface area contributed by atoms with Crippen LogP contribution in [-0.2, 0) is 0 Å². The van der Waals surface area contributed by atoms with Crippen molar-refractivity contribution >= 4 is 17.2 Å². The third kappa shape index (κ3) is 4.90. The quantitative estimate of drug-likeness (QED) is 0.713. The van der Waals surface area contributed by atoms with Gasteiger partial charge in [-0.25, -0.2) is 0 Å². The molecule has 0 amide bonds. The van der Waals surface area contributed by atoms with E-state index in [0.29, 0.717) is 17.5 Å². The first-order valence-electron chi connectivity index (χ1n) is 6.59. The highest BCUT2D eigenvalue weighted by molar-refractivity contribution is 7.80. The van der Waals surface area contributed by atoms with Gasteiger partial charge in [0.25, 0.3) is 0 Å². The molecule has 0 aliphatic carbocycles. The Morgan fingerprint density at radius 2 is 2.00 bits per heavy atom. The Bertz CT molecular complexity index is 248. The van der Waals surface area contributed by atoms with Crippen molar-refractivity contribution in [2.45, 2.75) is 39.5 Å². The van der Waals surface area contributed by atoms with Crippen molar-refractivity contribution in [2.24, 2.45) is 17.1 Å². The van der Waals surface area contributed by atoms with E-state index in [4.69, 9.17) is 23.1 Å². The van der Waals surface area contributed by atoms with Gasteiger partial charge >= 0.3 is 0 Å². The van der Waals surface area contributed by atoms with Crippen LogP contribution in [0.25, 0.3) is 0 Å². The maximum Gasteiger partial charge on any atom is 0.0784 e. The minimum absolute atomic E-state index is 0.0151. The molecular formula is C13H26N2OS. The van der Waals surface area contributed by atoms with Gasteiger partial charge in [0.1, 0.15) is 0 Å². The first kappa shape index (κ1) is 14.9. The number of piperidine rings is 1. The van der Waals surface area contributed by atoms with Gasteiger partial charge in [0.15, 0.2) is 0 Å². The number of thiocarbonyl (C=S) groups is 1. The normalized spacial score (nSPS) is 19.5. The van der Waals surface area contributed by atoms with E-state index in [-0.39, 0.29) is 5.41 Å². The summed E-state index contributed by atoms with van der Waals surface area (Å²) in [5.41, 5.74) is 5.70. The van der Waals surface area contributed by atoms with Crippen LogP contribution in [0, 0.1) is 11.3 Å². The second kappa shape index (κ2) is 6.66. The summed E-state index contributed by atoms with van der Waals surface area (Å²) in [6, 6.07) is 0. The highest BCUT2D eigenvalue weighted by atomic mass is 32.1. The second-order valence-electron chi connectivity index (χ2n) is 5.82. The van der Waals surface area contributed by atoms with Gasteiger partial charge in [-0.2, -0.15) is 0 Å². The van der Waals surface area contributed by atoms with Crippen LogP contribution in [0.4, 0.5) is 0 Å². The summed E-state index contributed by atoms with van der Waals surface area (Å²) >= 11 is 5.07. The van der Waals surface area contributed by atoms with Crippen molar-refractivity contribution in [1.82, 2.24) is 4.90 Å². The zero-order valence-corrected chi connectivity index (χ0v) is 11.9. The molecular weight excluding hydrogens is 232 g/mol. The lowest BCUT2D eigenvalue weighted by Gasteiger charge is -2.32. The third-order valence-corrected chi connectivity index (χ3v) is 4.46. The van der Waals surface area contributed by atoms with E-state index >= 15 is 0 Å². The van der Waals surface area contributed by atoms with Crippen molar-refractivity contribution in [3.8, 4) is 0 Å². The zero-order chi connectivity index (χ0) is 12.9. The van der Waals surface area contributed by atoms with Crippen molar-refractivity contribution < 1.29 is 5.11 Å². The molecule has 100 valence electrons. The molecule has 0 aromatic heterocycles. The molecule has 1 heterocycles. The summed E-state index contributed by atoms with van der Waals surface area (Å²) in [5.74, 6) is 0.527. The smallest absolute Gasteiger partial charge is 0.0784 e. The molecule has 17 heavy (non-hydrogen) atoms. The molecule has 3 N–H and O–H groups in total. The Hall–Kier alpha value is -0.190. The molecule has 1 saturated heterocycles. The summed E-state index contributed by atoms with van der Waals surface area (Å²) in [6.07, 6.45) is 4.47. The lowest BCUT2D eigenvalue weighted by molar-refractivity contribution is 0.129. The lowest BCUT2D eigenvalue weighted by Crippen LogP contribution is -2.36. The van der Waals surface area contributed by atoms with Gasteiger partial charge in [0.05, 0.1) is 4.99 Å². The molecule has 1 rings (SSSR count). The van der Waals surface area contributed by atoms with E-state index in [1.54, 1.807) is 0 Å². The van der Waals surface area contributed by atoms with Gasteiger partial charge in [-0.1, -0.05) is 26.1 Å². The summed E-state index contributed by atoms with van der Waals surface area (Å²) in [6.45, 7) is 7.96. The molecule has 1 aliphatic heterocycles. The first-order valence-corrected chi connectivity index (χ1v) is 6.99. The third-order valence-electron chi connectivity index (χ3n) is 3.91. The van der Waals surface area contributed by atoms with Crippen LogP contribution in [0.15, 0.2) is 0 Å². The SMILES string of the molecule is CC(C)(CCCN1CCC(CO)CC1)C(N)=S. The predicted octanol–water partition coefficient (Wildman–Crippen LogP) is 1.78. The predicted molar refractivity (Wildman–Crippen MR) is 76.1 cm³/mol. The Morgan fingerprint density at radius 3 is 2.47 bits per heavy atom. The van der Waals surface area contributed by atoms with E-state index < -0.39 is 0 Å². The Labute approximate surface area is 110 Å². The summed E-state index contributed by atoms with van der Waals surface area (Å²) < 4.78 is 0. The molecule has 1 aliphatic rings. The van der Waals surface area contributed by atoms with E-state index in [0.717, 1.165) is 45.3 Å². The van der Waals surface area contributed by atoms with Crippen molar-refractivity contribution in [3.63, 3.8) is 0 Å². The van der Waals surface area contributed by atoms with E-state index in [1.807, 2.05) is 0 Å². The molecule has 0 aromatic carbocycles. The highest BCUT2D eigenvalue weighted by Gasteiger charge is 2.22. The minimum atomic E-state index is -0.0151. The van der Waals surface area contributed by atoms with Gasteiger partial charge in [-0.05, 0) is 51.2 Å². The number of hydrogen-bond acceptors (Lipinski definition) is 3. The van der Waals surface area contributed by atoms with Gasteiger partial charge in [0.2, 0.25) is 0 Å². The second-order valence-corrected chi connectivity index (χ2v) is 6.26. The van der Waals surface area contributed by atoms with Gasteiger partial charge in [-0.3, -0.25) is 0 Å². The number of aliphatic hydroxyl groups excluding tert-OH is 1. The Morgan fingerprint density at radius 1 is 1.41 bits per heavy atom. The average Bonchev–Trinajstić information content (AvgIpc) is 2.29. The maximum absolute atomic E-state index is 9.07. The fourth-order valence-corrected chi connectivity index (χ4v) is 2.36. The number of nitrogens with zero attached hydrogens (tertiary/aromatic N) is 1. The molecule has 0 radical (unpaired) electrons. The number of hydrogen-bond donors (Lipinski definition) is 2. The molecule has 3 nitrogen and oxygen atoms in total. The van der Waals surface area contributed by atoms with Crippen molar-refractivity contribution in [2.75, 3.05) is 26.2 Å².